The van der Waals surface area contributed by atoms with Gasteiger partial charge in [0, 0.05) is 35.5 Å². The number of aromatic carboxylic acids is 1. The van der Waals surface area contributed by atoms with Gasteiger partial charge in [-0.05, 0) is 162 Å². The number of carboxylic acids is 1. The van der Waals surface area contributed by atoms with Crippen LogP contribution in [0.2, 0.25) is 0 Å². The molecule has 0 radical (unpaired) electrons. The summed E-state index contributed by atoms with van der Waals surface area (Å²) in [5.41, 5.74) is 14.0. The molecular formula is C45H57N9O2S. The van der Waals surface area contributed by atoms with Crippen LogP contribution in [0.5, 0.6) is 0 Å². The second-order valence-corrected chi connectivity index (χ2v) is 20.5. The highest BCUT2D eigenvalue weighted by Crippen LogP contribution is 2.75. The quantitative estimate of drug-likeness (QED) is 0.117. The molecule has 3 aromatic heterocycles. The lowest BCUT2D eigenvalue weighted by Gasteiger charge is -2.70. The Kier molecular flexibility index (Phi) is 8.79. The molecule has 3 aliphatic heterocycles. The van der Waals surface area contributed by atoms with Crippen LogP contribution >= 0.6 is 11.3 Å². The summed E-state index contributed by atoms with van der Waals surface area (Å²) >= 11 is 1.62. The molecule has 0 spiro atoms. The number of carbonyl (C=O) groups is 1. The smallest absolute Gasteiger partial charge is 0.355 e. The van der Waals surface area contributed by atoms with Crippen molar-refractivity contribution in [3.63, 3.8) is 0 Å². The molecular weight excluding hydrogens is 731 g/mol. The van der Waals surface area contributed by atoms with Crippen molar-refractivity contribution in [1.82, 2.24) is 35.5 Å². The summed E-state index contributed by atoms with van der Waals surface area (Å²) in [6.45, 7) is 14.8. The van der Waals surface area contributed by atoms with E-state index in [1.165, 1.54) is 89.4 Å². The number of anilines is 2. The zero-order valence-electron chi connectivity index (χ0n) is 34.0. The van der Waals surface area contributed by atoms with E-state index < -0.39 is 5.97 Å². The largest absolute Gasteiger partial charge is 0.476 e. The number of nitrogens with zero attached hydrogens (tertiary/aromatic N) is 6. The summed E-state index contributed by atoms with van der Waals surface area (Å²) < 4.78 is 3.34. The van der Waals surface area contributed by atoms with Crippen molar-refractivity contribution in [2.75, 3.05) is 36.4 Å². The third-order valence-electron chi connectivity index (χ3n) is 14.5. The molecule has 12 heteroatoms. The number of benzene rings is 1. The molecule has 11 nitrogen and oxygen atoms in total. The molecule has 300 valence electrons. The molecule has 4 aromatic rings. The third kappa shape index (κ3) is 6.60. The maximum atomic E-state index is 13.0. The summed E-state index contributed by atoms with van der Waals surface area (Å²) in [5.74, 6) is 1.35. The predicted octanol–water partition coefficient (Wildman–Crippen LogP) is 9.07. The summed E-state index contributed by atoms with van der Waals surface area (Å²) in [5, 5.41) is 19.9. The van der Waals surface area contributed by atoms with Crippen molar-refractivity contribution in [3.8, 4) is 11.1 Å². The minimum Gasteiger partial charge on any atom is -0.476 e. The van der Waals surface area contributed by atoms with Gasteiger partial charge < -0.3 is 20.2 Å². The summed E-state index contributed by atoms with van der Waals surface area (Å²) in [7, 11) is 0. The minimum absolute atomic E-state index is 0.0591. The number of hydrogen-bond acceptors (Lipinski definition) is 10. The first-order valence-electron chi connectivity index (χ1n) is 21.3. The van der Waals surface area contributed by atoms with Gasteiger partial charge in [-0.1, -0.05) is 37.3 Å². The third-order valence-corrected chi connectivity index (χ3v) is 15.4. The van der Waals surface area contributed by atoms with Crippen LogP contribution in [-0.4, -0.2) is 61.9 Å². The van der Waals surface area contributed by atoms with E-state index in [0.29, 0.717) is 27.6 Å². The first-order chi connectivity index (χ1) is 27.4. The van der Waals surface area contributed by atoms with Crippen LogP contribution in [0.25, 0.3) is 21.3 Å². The molecule has 0 amide bonds. The Labute approximate surface area is 340 Å². The first-order valence-corrected chi connectivity index (χ1v) is 22.1. The molecule has 4 bridgehead atoms. The average molecular weight is 788 g/mol. The van der Waals surface area contributed by atoms with E-state index in [1.54, 1.807) is 11.3 Å². The number of likely N-dealkylation sites (tertiary alicyclic amines) is 1. The molecule has 4 saturated carbocycles. The van der Waals surface area contributed by atoms with Crippen molar-refractivity contribution in [3.05, 3.63) is 76.8 Å². The lowest BCUT2D eigenvalue weighted by molar-refractivity contribution is -0.198. The molecule has 4 N–H and O–H groups in total. The molecule has 5 fully saturated rings. The molecule has 4 aliphatic carbocycles. The first kappa shape index (κ1) is 36.9. The van der Waals surface area contributed by atoms with Crippen molar-refractivity contribution >= 4 is 38.5 Å². The van der Waals surface area contributed by atoms with E-state index in [0.717, 1.165) is 69.8 Å². The van der Waals surface area contributed by atoms with Gasteiger partial charge >= 0.3 is 5.97 Å². The molecule has 2 unspecified atom stereocenters. The number of fused-ring (bicyclic) bond motifs is 1. The van der Waals surface area contributed by atoms with Gasteiger partial charge in [0.2, 0.25) is 0 Å². The number of nitrogens with one attached hydrogen (secondary N) is 3. The number of allylic oxidation sites excluding steroid dienone is 2. The van der Waals surface area contributed by atoms with Gasteiger partial charge in [-0.15, -0.1) is 0 Å². The topological polar surface area (TPSA) is 123 Å². The van der Waals surface area contributed by atoms with Crippen LogP contribution in [-0.2, 0) is 6.54 Å². The fraction of sp³-hybridized carbons (Fsp3) is 0.556. The molecule has 1 saturated heterocycles. The fourth-order valence-electron chi connectivity index (χ4n) is 13.5. The average Bonchev–Trinajstić information content (AvgIpc) is 3.91. The normalized spacial score (nSPS) is 29.6. The molecule has 11 rings (SSSR count). The van der Waals surface area contributed by atoms with Gasteiger partial charge in [0.1, 0.15) is 17.5 Å². The van der Waals surface area contributed by atoms with Gasteiger partial charge in [0.05, 0.1) is 16.4 Å². The maximum absolute atomic E-state index is 13.0. The Morgan fingerprint density at radius 2 is 1.67 bits per heavy atom. The van der Waals surface area contributed by atoms with Crippen molar-refractivity contribution < 1.29 is 9.90 Å². The highest BCUT2D eigenvalue weighted by atomic mass is 32.1. The number of pyridine rings is 1. The van der Waals surface area contributed by atoms with Gasteiger partial charge in [0.15, 0.2) is 10.8 Å². The molecule has 6 heterocycles. The zero-order chi connectivity index (χ0) is 39.2. The van der Waals surface area contributed by atoms with Gasteiger partial charge in [-0.25, -0.2) is 14.8 Å². The highest BCUT2D eigenvalue weighted by molar-refractivity contribution is 7.22. The standard InChI is InChI=1S/C45H57N9O2S/c1-29-31-11-9-20-53(39(31)51-50-38(29)49-41-47-34-12-5-6-13-35(34)57-41)36-15-14-32(37(48-36)40(55)56)33-21-46-54(30(33)2)28-45-25-42(3)22-43(4,26-45)24-44(23-42,27-45)16-10-19-52-17-7-8-18-52/h5-6,12-15,21,50-51H,7-11,16-20,22-28H2,1-4H3,(H,47,49)(H,55,56). The van der Waals surface area contributed by atoms with Crippen LogP contribution in [0.4, 0.5) is 10.9 Å². The summed E-state index contributed by atoms with van der Waals surface area (Å²) in [6.07, 6.45) is 17.0. The number of thiazole rings is 1. The van der Waals surface area contributed by atoms with Crippen LogP contribution < -0.4 is 21.1 Å². The van der Waals surface area contributed by atoms with Crippen molar-refractivity contribution in [2.24, 2.45) is 21.7 Å². The monoisotopic (exact) mass is 787 g/mol. The number of carboxylic acid groups (broad SMARTS) is 1. The van der Waals surface area contributed by atoms with E-state index >= 15 is 0 Å². The Bertz CT molecular complexity index is 2270. The van der Waals surface area contributed by atoms with Crippen LogP contribution in [0.1, 0.15) is 114 Å². The summed E-state index contributed by atoms with van der Waals surface area (Å²) in [4.78, 5) is 27.4. The number of hydrazine groups is 1. The van der Waals surface area contributed by atoms with Gasteiger partial charge in [0.25, 0.3) is 0 Å². The van der Waals surface area contributed by atoms with E-state index in [2.05, 4.69) is 64.4 Å². The lowest BCUT2D eigenvalue weighted by atomic mass is 9.35. The minimum atomic E-state index is -1.03. The second kappa shape index (κ2) is 13.6. The molecule has 2 atom stereocenters. The SMILES string of the molecule is CC1=C(Nc2nc3ccccc3s2)NNC2=C1CCCN2c1ccc(-c2cnn(CC34CC5(C)CC(C)(CC(CCCN6CCCC6)(C5)C3)C4)c2C)c(C(=O)O)n1. The van der Waals surface area contributed by atoms with E-state index in [9.17, 15) is 9.90 Å². The predicted molar refractivity (Wildman–Crippen MR) is 227 cm³/mol. The number of hydrogen-bond donors (Lipinski definition) is 4. The lowest BCUT2D eigenvalue weighted by Crippen LogP contribution is -2.60. The van der Waals surface area contributed by atoms with E-state index in [-0.39, 0.29) is 11.1 Å². The highest BCUT2D eigenvalue weighted by Gasteiger charge is 2.65. The number of para-hydroxylation sites is 1. The molecule has 7 aliphatic rings. The van der Waals surface area contributed by atoms with Crippen LogP contribution in [0.15, 0.2) is 65.4 Å². The maximum Gasteiger partial charge on any atom is 0.355 e. The Morgan fingerprint density at radius 3 is 2.44 bits per heavy atom. The zero-order valence-corrected chi connectivity index (χ0v) is 34.8. The Balaban J connectivity index is 0.902. The Morgan fingerprint density at radius 1 is 0.895 bits per heavy atom. The second-order valence-electron chi connectivity index (χ2n) is 19.5. The number of aromatic nitrogens is 4. The van der Waals surface area contributed by atoms with Gasteiger partial charge in [-0.3, -0.25) is 15.5 Å². The molecule has 1 aromatic carbocycles. The van der Waals surface area contributed by atoms with E-state index in [1.807, 2.05) is 36.5 Å². The summed E-state index contributed by atoms with van der Waals surface area (Å²) in [6, 6.07) is 12.1. The van der Waals surface area contributed by atoms with Crippen LogP contribution in [0.3, 0.4) is 0 Å². The Hall–Kier alpha value is -4.42. The fourth-order valence-corrected chi connectivity index (χ4v) is 14.4. The van der Waals surface area contributed by atoms with Crippen molar-refractivity contribution in [2.45, 2.75) is 111 Å². The number of rotatable bonds is 11. The van der Waals surface area contributed by atoms with Gasteiger partial charge in [-0.2, -0.15) is 5.10 Å². The van der Waals surface area contributed by atoms with E-state index in [4.69, 9.17) is 15.1 Å². The molecule has 57 heavy (non-hydrogen) atoms. The van der Waals surface area contributed by atoms with Crippen LogP contribution in [0, 0.1) is 28.6 Å². The van der Waals surface area contributed by atoms with Crippen molar-refractivity contribution in [1.29, 1.82) is 0 Å².